The number of ether oxygens (including phenoxy) is 1. The number of hydrogen-bond donors (Lipinski definition) is 2. The first-order valence-electron chi connectivity index (χ1n) is 5.98. The summed E-state index contributed by atoms with van der Waals surface area (Å²) in [4.78, 5) is 0. The van der Waals surface area contributed by atoms with Crippen LogP contribution in [-0.2, 0) is 4.74 Å². The molecule has 0 bridgehead atoms. The second-order valence-electron chi connectivity index (χ2n) is 4.47. The molecule has 0 aromatic rings. The monoisotopic (exact) mass is 198 g/mol. The molecule has 82 valence electrons. The molecule has 2 N–H and O–H groups in total. The zero-order valence-electron chi connectivity index (χ0n) is 8.93. The van der Waals surface area contributed by atoms with E-state index in [1.165, 1.54) is 38.8 Å². The Morgan fingerprint density at radius 1 is 1.00 bits per heavy atom. The quantitative estimate of drug-likeness (QED) is 0.699. The third-order valence-electron chi connectivity index (χ3n) is 3.33. The van der Waals surface area contributed by atoms with E-state index in [0.717, 1.165) is 25.6 Å². The Kier molecular flexibility index (Phi) is 4.22. The largest absolute Gasteiger partial charge is 0.378 e. The van der Waals surface area contributed by atoms with Crippen LogP contribution in [0.4, 0.5) is 0 Å². The molecule has 3 heteroatoms. The van der Waals surface area contributed by atoms with Gasteiger partial charge in [-0.25, -0.2) is 0 Å². The molecule has 0 aromatic heterocycles. The van der Waals surface area contributed by atoms with E-state index < -0.39 is 0 Å². The Bertz CT molecular complexity index is 151. The number of rotatable bonds is 4. The summed E-state index contributed by atoms with van der Waals surface area (Å²) >= 11 is 0. The summed E-state index contributed by atoms with van der Waals surface area (Å²) in [6, 6.07) is 0. The average molecular weight is 198 g/mol. The Balaban J connectivity index is 1.52. The van der Waals surface area contributed by atoms with Gasteiger partial charge in [0.2, 0.25) is 0 Å². The molecule has 0 saturated carbocycles. The second kappa shape index (κ2) is 5.69. The first-order valence-corrected chi connectivity index (χ1v) is 5.98. The van der Waals surface area contributed by atoms with Crippen molar-refractivity contribution in [2.75, 3.05) is 32.8 Å². The highest BCUT2D eigenvalue weighted by Crippen LogP contribution is 2.14. The zero-order chi connectivity index (χ0) is 9.64. The molecular formula is C11H22N2O. The third kappa shape index (κ3) is 3.23. The van der Waals surface area contributed by atoms with Crippen LogP contribution in [0.5, 0.6) is 0 Å². The Morgan fingerprint density at radius 3 is 2.50 bits per heavy atom. The van der Waals surface area contributed by atoms with Gasteiger partial charge in [0.25, 0.3) is 0 Å². The van der Waals surface area contributed by atoms with Crippen LogP contribution in [-0.4, -0.2) is 38.9 Å². The molecule has 2 rings (SSSR count). The maximum atomic E-state index is 5.88. The molecule has 0 spiro atoms. The molecule has 2 heterocycles. The van der Waals surface area contributed by atoms with Gasteiger partial charge in [0, 0.05) is 6.61 Å². The van der Waals surface area contributed by atoms with E-state index >= 15 is 0 Å². The Labute approximate surface area is 86.6 Å². The van der Waals surface area contributed by atoms with Crippen molar-refractivity contribution in [3.8, 4) is 0 Å². The van der Waals surface area contributed by atoms with Gasteiger partial charge in [-0.1, -0.05) is 0 Å². The number of piperidine rings is 1. The highest BCUT2D eigenvalue weighted by molar-refractivity contribution is 4.72. The molecule has 2 aliphatic rings. The lowest BCUT2D eigenvalue weighted by atomic mass is 10.1. The van der Waals surface area contributed by atoms with Crippen molar-refractivity contribution in [2.45, 2.75) is 31.8 Å². The Morgan fingerprint density at radius 2 is 1.79 bits per heavy atom. The molecule has 2 fully saturated rings. The van der Waals surface area contributed by atoms with Crippen molar-refractivity contribution in [1.29, 1.82) is 0 Å². The van der Waals surface area contributed by atoms with E-state index in [1.807, 2.05) is 0 Å². The summed E-state index contributed by atoms with van der Waals surface area (Å²) in [7, 11) is 0. The predicted molar refractivity (Wildman–Crippen MR) is 57.4 cm³/mol. The lowest BCUT2D eigenvalue weighted by Crippen LogP contribution is -2.32. The summed E-state index contributed by atoms with van der Waals surface area (Å²) in [5.74, 6) is 0.872. The summed E-state index contributed by atoms with van der Waals surface area (Å²) < 4.78 is 5.88. The fraction of sp³-hybridized carbons (Fsp3) is 1.00. The van der Waals surface area contributed by atoms with E-state index in [-0.39, 0.29) is 0 Å². The molecule has 2 saturated heterocycles. The van der Waals surface area contributed by atoms with Gasteiger partial charge in [0.15, 0.2) is 0 Å². The minimum absolute atomic E-state index is 0.533. The maximum absolute atomic E-state index is 5.88. The standard InChI is InChI=1S/C11H22N2O/c1-5-13-9-10(1)4-8-14-11-2-6-12-7-3-11/h10-13H,1-9H2. The van der Waals surface area contributed by atoms with Crippen LogP contribution >= 0.6 is 0 Å². The Hall–Kier alpha value is -0.120. The fourth-order valence-corrected chi connectivity index (χ4v) is 2.32. The van der Waals surface area contributed by atoms with Gasteiger partial charge < -0.3 is 15.4 Å². The number of nitrogens with one attached hydrogen (secondary N) is 2. The van der Waals surface area contributed by atoms with Crippen molar-refractivity contribution < 1.29 is 4.74 Å². The van der Waals surface area contributed by atoms with Gasteiger partial charge in [-0.3, -0.25) is 0 Å². The van der Waals surface area contributed by atoms with Crippen molar-refractivity contribution in [3.63, 3.8) is 0 Å². The van der Waals surface area contributed by atoms with Gasteiger partial charge >= 0.3 is 0 Å². The third-order valence-corrected chi connectivity index (χ3v) is 3.33. The zero-order valence-corrected chi connectivity index (χ0v) is 8.93. The van der Waals surface area contributed by atoms with E-state index in [1.54, 1.807) is 0 Å². The lowest BCUT2D eigenvalue weighted by Gasteiger charge is -2.23. The van der Waals surface area contributed by atoms with Crippen molar-refractivity contribution in [2.24, 2.45) is 5.92 Å². The highest BCUT2D eigenvalue weighted by Gasteiger charge is 2.16. The van der Waals surface area contributed by atoms with Crippen LogP contribution in [0.15, 0.2) is 0 Å². The summed E-state index contributed by atoms with van der Waals surface area (Å²) in [6.45, 7) is 5.65. The topological polar surface area (TPSA) is 33.3 Å². The van der Waals surface area contributed by atoms with Crippen molar-refractivity contribution >= 4 is 0 Å². The minimum atomic E-state index is 0.533. The molecule has 14 heavy (non-hydrogen) atoms. The van der Waals surface area contributed by atoms with Crippen LogP contribution in [0.1, 0.15) is 25.7 Å². The van der Waals surface area contributed by atoms with Gasteiger partial charge in [0.05, 0.1) is 6.10 Å². The van der Waals surface area contributed by atoms with E-state index in [9.17, 15) is 0 Å². The van der Waals surface area contributed by atoms with Crippen LogP contribution in [0.2, 0.25) is 0 Å². The maximum Gasteiger partial charge on any atom is 0.0599 e. The van der Waals surface area contributed by atoms with Crippen molar-refractivity contribution in [1.82, 2.24) is 10.6 Å². The highest BCUT2D eigenvalue weighted by atomic mass is 16.5. The van der Waals surface area contributed by atoms with E-state index in [4.69, 9.17) is 4.74 Å². The van der Waals surface area contributed by atoms with Crippen LogP contribution in [0.3, 0.4) is 0 Å². The van der Waals surface area contributed by atoms with Crippen LogP contribution in [0, 0.1) is 5.92 Å². The van der Waals surface area contributed by atoms with E-state index in [2.05, 4.69) is 10.6 Å². The lowest BCUT2D eigenvalue weighted by molar-refractivity contribution is 0.0265. The average Bonchev–Trinajstić information content (AvgIpc) is 2.72. The normalized spacial score (nSPS) is 29.6. The first kappa shape index (κ1) is 10.4. The van der Waals surface area contributed by atoms with Gasteiger partial charge in [0.1, 0.15) is 0 Å². The number of hydrogen-bond acceptors (Lipinski definition) is 3. The SMILES string of the molecule is C1CC(OCCC2CCNC2)CCN1. The molecule has 2 aliphatic heterocycles. The molecule has 0 aromatic carbocycles. The molecule has 0 amide bonds. The van der Waals surface area contributed by atoms with Crippen LogP contribution in [0.25, 0.3) is 0 Å². The van der Waals surface area contributed by atoms with Gasteiger partial charge in [-0.15, -0.1) is 0 Å². The first-order chi connectivity index (χ1) is 6.95. The molecule has 0 aliphatic carbocycles. The molecule has 1 unspecified atom stereocenters. The molecular weight excluding hydrogens is 176 g/mol. The van der Waals surface area contributed by atoms with Crippen LogP contribution < -0.4 is 10.6 Å². The molecule has 0 radical (unpaired) electrons. The summed E-state index contributed by atoms with van der Waals surface area (Å²) in [5.41, 5.74) is 0. The smallest absolute Gasteiger partial charge is 0.0599 e. The summed E-state index contributed by atoms with van der Waals surface area (Å²) in [6.07, 6.45) is 5.52. The predicted octanol–water partition coefficient (Wildman–Crippen LogP) is 0.755. The van der Waals surface area contributed by atoms with Gasteiger partial charge in [-0.05, 0) is 57.8 Å². The van der Waals surface area contributed by atoms with Crippen molar-refractivity contribution in [3.05, 3.63) is 0 Å². The molecule has 1 atom stereocenters. The summed E-state index contributed by atoms with van der Waals surface area (Å²) in [5, 5.41) is 6.75. The van der Waals surface area contributed by atoms with Gasteiger partial charge in [-0.2, -0.15) is 0 Å². The second-order valence-corrected chi connectivity index (χ2v) is 4.47. The minimum Gasteiger partial charge on any atom is -0.378 e. The fourth-order valence-electron chi connectivity index (χ4n) is 2.32. The molecule has 3 nitrogen and oxygen atoms in total. The van der Waals surface area contributed by atoms with E-state index in [0.29, 0.717) is 6.10 Å².